The van der Waals surface area contributed by atoms with Crippen molar-refractivity contribution < 1.29 is 0 Å². The predicted octanol–water partition coefficient (Wildman–Crippen LogP) is 5.00. The van der Waals surface area contributed by atoms with Gasteiger partial charge in [0.15, 0.2) is 0 Å². The molecule has 2 aliphatic rings. The summed E-state index contributed by atoms with van der Waals surface area (Å²) < 4.78 is 0. The molecule has 0 bridgehead atoms. The summed E-state index contributed by atoms with van der Waals surface area (Å²) in [4.78, 5) is 24.0. The van der Waals surface area contributed by atoms with Crippen molar-refractivity contribution in [2.75, 3.05) is 55.6 Å². The first-order chi connectivity index (χ1) is 20.8. The van der Waals surface area contributed by atoms with E-state index in [1.54, 1.807) is 0 Å². The maximum atomic E-state index is 6.07. The molecule has 224 valence electrons. The first kappa shape index (κ1) is 30.4. The van der Waals surface area contributed by atoms with Crippen molar-refractivity contribution in [3.63, 3.8) is 0 Å². The number of piperazine rings is 1. The van der Waals surface area contributed by atoms with Gasteiger partial charge < -0.3 is 16.4 Å². The topological polar surface area (TPSA) is 113 Å². The molecule has 2 aliphatic heterocycles. The molecule has 1 fully saturated rings. The number of nitrogen functional groups attached to an aromatic ring is 2. The van der Waals surface area contributed by atoms with Crippen molar-refractivity contribution in [1.82, 2.24) is 29.7 Å². The fourth-order valence-electron chi connectivity index (χ4n) is 5.36. The highest BCUT2D eigenvalue weighted by Crippen LogP contribution is 2.24. The molecule has 2 aromatic heterocycles. The van der Waals surface area contributed by atoms with E-state index in [1.165, 1.54) is 16.8 Å². The SMILES string of the molecule is Cc1ncc(CN2CC=C(c3ccccc3)CC2)c(N)n1.Cc1ncc(CN2CCN(c3cccc(Cl)c3)CC2)c(N)n1. The lowest BCUT2D eigenvalue weighted by Gasteiger charge is -2.36. The Kier molecular flexibility index (Phi) is 10.2. The molecule has 6 rings (SSSR count). The summed E-state index contributed by atoms with van der Waals surface area (Å²) in [5.74, 6) is 2.62. The molecule has 0 spiro atoms. The first-order valence-corrected chi connectivity index (χ1v) is 15.1. The lowest BCUT2D eigenvalue weighted by molar-refractivity contribution is 0.250. The summed E-state index contributed by atoms with van der Waals surface area (Å²) in [7, 11) is 0. The molecular formula is C33H40ClN9. The van der Waals surface area contributed by atoms with Crippen LogP contribution in [0.25, 0.3) is 5.57 Å². The Labute approximate surface area is 259 Å². The molecule has 0 unspecified atom stereocenters. The highest BCUT2D eigenvalue weighted by Gasteiger charge is 2.19. The van der Waals surface area contributed by atoms with Crippen LogP contribution in [0.1, 0.15) is 34.8 Å². The number of rotatable bonds is 6. The average molecular weight is 598 g/mol. The van der Waals surface area contributed by atoms with Crippen LogP contribution >= 0.6 is 11.6 Å². The highest BCUT2D eigenvalue weighted by atomic mass is 35.5. The molecule has 4 aromatic rings. The van der Waals surface area contributed by atoms with Crippen LogP contribution < -0.4 is 16.4 Å². The fraction of sp³-hybridized carbons (Fsp3) is 0.333. The van der Waals surface area contributed by atoms with E-state index >= 15 is 0 Å². The summed E-state index contributed by atoms with van der Waals surface area (Å²) in [6.45, 7) is 11.2. The molecule has 9 nitrogen and oxygen atoms in total. The summed E-state index contributed by atoms with van der Waals surface area (Å²) in [5.41, 5.74) is 17.9. The van der Waals surface area contributed by atoms with Crippen LogP contribution in [0.3, 0.4) is 0 Å². The second kappa shape index (κ2) is 14.4. The Bertz CT molecular complexity index is 1530. The van der Waals surface area contributed by atoms with Gasteiger partial charge in [-0.05, 0) is 49.6 Å². The maximum absolute atomic E-state index is 6.07. The van der Waals surface area contributed by atoms with E-state index in [4.69, 9.17) is 23.1 Å². The highest BCUT2D eigenvalue weighted by molar-refractivity contribution is 6.30. The first-order valence-electron chi connectivity index (χ1n) is 14.7. The predicted molar refractivity (Wildman–Crippen MR) is 176 cm³/mol. The van der Waals surface area contributed by atoms with Crippen LogP contribution in [-0.2, 0) is 13.1 Å². The van der Waals surface area contributed by atoms with Crippen molar-refractivity contribution in [3.05, 3.63) is 106 Å². The van der Waals surface area contributed by atoms with Crippen molar-refractivity contribution in [2.45, 2.75) is 33.4 Å². The maximum Gasteiger partial charge on any atom is 0.131 e. The van der Waals surface area contributed by atoms with E-state index in [1.807, 2.05) is 44.4 Å². The van der Waals surface area contributed by atoms with Crippen LogP contribution in [0.5, 0.6) is 0 Å². The van der Waals surface area contributed by atoms with Gasteiger partial charge in [0.2, 0.25) is 0 Å². The van der Waals surface area contributed by atoms with Crippen LogP contribution in [0.2, 0.25) is 5.02 Å². The Morgan fingerprint density at radius 1 is 0.744 bits per heavy atom. The van der Waals surface area contributed by atoms with E-state index < -0.39 is 0 Å². The molecule has 43 heavy (non-hydrogen) atoms. The zero-order valence-corrected chi connectivity index (χ0v) is 25.7. The summed E-state index contributed by atoms with van der Waals surface area (Å²) in [6.07, 6.45) is 7.05. The van der Waals surface area contributed by atoms with Crippen LogP contribution in [0, 0.1) is 13.8 Å². The molecule has 4 heterocycles. The summed E-state index contributed by atoms with van der Waals surface area (Å²) >= 11 is 6.07. The second-order valence-electron chi connectivity index (χ2n) is 11.0. The van der Waals surface area contributed by atoms with Gasteiger partial charge in [-0.2, -0.15) is 0 Å². The fourth-order valence-corrected chi connectivity index (χ4v) is 5.54. The Balaban J connectivity index is 0.000000171. The van der Waals surface area contributed by atoms with Crippen LogP contribution in [0.4, 0.5) is 17.3 Å². The normalized spacial score (nSPS) is 15.9. The van der Waals surface area contributed by atoms with Gasteiger partial charge in [0.05, 0.1) is 0 Å². The third-order valence-corrected chi connectivity index (χ3v) is 8.04. The molecule has 0 saturated carbocycles. The standard InChI is InChI=1S/C17H20N4.C16H20ClN5/c1-13-19-11-16(17(18)20-13)12-21-9-7-15(8-10-21)14-5-3-2-4-6-14;1-12-19-10-13(16(18)20-12)11-21-5-7-22(8-6-21)15-4-2-3-14(17)9-15/h2-7,11H,8-10,12H2,1H3,(H2,18,19,20);2-4,9-10H,5-8,11H2,1H3,(H2,18,19,20). The second-order valence-corrected chi connectivity index (χ2v) is 11.4. The van der Waals surface area contributed by atoms with Crippen LogP contribution in [-0.4, -0.2) is 69.0 Å². The summed E-state index contributed by atoms with van der Waals surface area (Å²) in [5, 5.41) is 0.782. The molecule has 0 radical (unpaired) electrons. The van der Waals surface area contributed by atoms with E-state index in [0.717, 1.165) is 80.8 Å². The zero-order valence-electron chi connectivity index (χ0n) is 25.0. The zero-order chi connectivity index (χ0) is 30.2. The van der Waals surface area contributed by atoms with Crippen molar-refractivity contribution >= 4 is 34.5 Å². The largest absolute Gasteiger partial charge is 0.383 e. The van der Waals surface area contributed by atoms with E-state index in [9.17, 15) is 0 Å². The van der Waals surface area contributed by atoms with Gasteiger partial charge in [-0.15, -0.1) is 0 Å². The average Bonchev–Trinajstić information content (AvgIpc) is 3.01. The van der Waals surface area contributed by atoms with E-state index in [-0.39, 0.29) is 0 Å². The van der Waals surface area contributed by atoms with Gasteiger partial charge in [0.25, 0.3) is 0 Å². The number of aromatic nitrogens is 4. The number of benzene rings is 2. The van der Waals surface area contributed by atoms with Crippen LogP contribution in [0.15, 0.2) is 73.1 Å². The van der Waals surface area contributed by atoms with Gasteiger partial charge in [-0.1, -0.05) is 54.1 Å². The Hall–Kier alpha value is -4.05. The van der Waals surface area contributed by atoms with E-state index in [2.05, 4.69) is 77.1 Å². The van der Waals surface area contributed by atoms with Crippen molar-refractivity contribution in [1.29, 1.82) is 0 Å². The molecule has 1 saturated heterocycles. The smallest absolute Gasteiger partial charge is 0.131 e. The number of halogens is 1. The number of nitrogens with two attached hydrogens (primary N) is 2. The molecular weight excluding hydrogens is 558 g/mol. The van der Waals surface area contributed by atoms with Crippen molar-refractivity contribution in [2.24, 2.45) is 0 Å². The minimum absolute atomic E-state index is 0.588. The van der Waals surface area contributed by atoms with Gasteiger partial charge in [-0.25, -0.2) is 19.9 Å². The quantitative estimate of drug-likeness (QED) is 0.317. The lowest BCUT2D eigenvalue weighted by Crippen LogP contribution is -2.46. The minimum atomic E-state index is 0.588. The molecule has 0 aliphatic carbocycles. The lowest BCUT2D eigenvalue weighted by atomic mass is 9.99. The van der Waals surface area contributed by atoms with Gasteiger partial charge in [0.1, 0.15) is 23.3 Å². The Morgan fingerprint density at radius 2 is 1.37 bits per heavy atom. The number of nitrogens with zero attached hydrogens (tertiary/aromatic N) is 7. The molecule has 2 aromatic carbocycles. The number of aryl methyl sites for hydroxylation is 2. The summed E-state index contributed by atoms with van der Waals surface area (Å²) in [6, 6.07) is 18.6. The number of hydrogen-bond acceptors (Lipinski definition) is 9. The van der Waals surface area contributed by atoms with Gasteiger partial charge in [0, 0.05) is 86.6 Å². The third kappa shape index (κ3) is 8.50. The number of anilines is 3. The van der Waals surface area contributed by atoms with Gasteiger partial charge in [-0.3, -0.25) is 9.80 Å². The van der Waals surface area contributed by atoms with Crippen molar-refractivity contribution in [3.8, 4) is 0 Å². The number of hydrogen-bond donors (Lipinski definition) is 2. The molecule has 0 atom stereocenters. The molecule has 4 N–H and O–H groups in total. The molecule has 10 heteroatoms. The van der Waals surface area contributed by atoms with E-state index in [0.29, 0.717) is 17.5 Å². The van der Waals surface area contributed by atoms with Gasteiger partial charge >= 0.3 is 0 Å². The monoisotopic (exact) mass is 597 g/mol. The minimum Gasteiger partial charge on any atom is -0.383 e. The third-order valence-electron chi connectivity index (χ3n) is 7.81. The Morgan fingerprint density at radius 3 is 1.93 bits per heavy atom. The molecule has 0 amide bonds.